The molecule has 1 heterocycles. The Morgan fingerprint density at radius 3 is 2.67 bits per heavy atom. The molecule has 0 spiro atoms. The molecule has 2 aromatic carbocycles. The Labute approximate surface area is 174 Å². The molecule has 2 amide bonds. The molecule has 1 aliphatic rings. The summed E-state index contributed by atoms with van der Waals surface area (Å²) in [6.45, 7) is 2.17. The van der Waals surface area contributed by atoms with Crippen LogP contribution in [0.4, 0.5) is 14.9 Å². The summed E-state index contributed by atoms with van der Waals surface area (Å²) in [5.41, 5.74) is 0.924. The van der Waals surface area contributed by atoms with E-state index < -0.39 is 28.1 Å². The van der Waals surface area contributed by atoms with Gasteiger partial charge in [0.25, 0.3) is 5.91 Å². The highest BCUT2D eigenvalue weighted by Crippen LogP contribution is 2.18. The van der Waals surface area contributed by atoms with E-state index in [9.17, 15) is 22.4 Å². The number of nitrogens with one attached hydrogen (secondary N) is 2. The fraction of sp³-hybridized carbons (Fsp3) is 0.300. The van der Waals surface area contributed by atoms with Crippen molar-refractivity contribution in [2.24, 2.45) is 0 Å². The van der Waals surface area contributed by atoms with Gasteiger partial charge < -0.3 is 15.0 Å². The predicted octanol–water partition coefficient (Wildman–Crippen LogP) is 2.51. The summed E-state index contributed by atoms with van der Waals surface area (Å²) in [6.07, 6.45) is -0.0512. The van der Waals surface area contributed by atoms with Crippen LogP contribution in [0.1, 0.15) is 22.3 Å². The molecule has 0 bridgehead atoms. The lowest BCUT2D eigenvalue weighted by Gasteiger charge is -2.16. The standard InChI is InChI=1S/C20H22FN3O5S/c1-13-10-15(6-7-18(13)21)22-19(25)14-4-3-5-17(11-14)30(27,28)23-16-8-9-24(12-16)20(26)29-2/h3-7,10-11,16,23H,8-9,12H2,1-2H3,(H,22,25). The maximum absolute atomic E-state index is 13.4. The van der Waals surface area contributed by atoms with Gasteiger partial charge in [-0.05, 0) is 55.3 Å². The first-order valence-electron chi connectivity index (χ1n) is 9.22. The monoisotopic (exact) mass is 435 g/mol. The normalized spacial score (nSPS) is 16.4. The van der Waals surface area contributed by atoms with Gasteiger partial charge in [-0.1, -0.05) is 6.07 Å². The number of rotatable bonds is 5. The molecule has 1 unspecified atom stereocenters. The van der Waals surface area contributed by atoms with Crippen LogP contribution in [0.15, 0.2) is 47.4 Å². The van der Waals surface area contributed by atoms with Gasteiger partial charge in [0.1, 0.15) is 5.82 Å². The zero-order valence-electron chi connectivity index (χ0n) is 16.5. The maximum atomic E-state index is 13.4. The molecule has 3 rings (SSSR count). The molecule has 0 aromatic heterocycles. The van der Waals surface area contributed by atoms with E-state index >= 15 is 0 Å². The molecule has 2 N–H and O–H groups in total. The van der Waals surface area contributed by atoms with E-state index in [0.29, 0.717) is 24.2 Å². The van der Waals surface area contributed by atoms with E-state index in [0.717, 1.165) is 0 Å². The van der Waals surface area contributed by atoms with Crippen LogP contribution in [0.3, 0.4) is 0 Å². The summed E-state index contributed by atoms with van der Waals surface area (Å²) in [7, 11) is -2.63. The number of methoxy groups -OCH3 is 1. The summed E-state index contributed by atoms with van der Waals surface area (Å²) in [4.78, 5) is 25.4. The zero-order valence-corrected chi connectivity index (χ0v) is 17.3. The van der Waals surface area contributed by atoms with E-state index in [1.807, 2.05) is 0 Å². The third-order valence-electron chi connectivity index (χ3n) is 4.77. The summed E-state index contributed by atoms with van der Waals surface area (Å²) in [5.74, 6) is -0.902. The number of aryl methyl sites for hydroxylation is 1. The molecule has 30 heavy (non-hydrogen) atoms. The van der Waals surface area contributed by atoms with Crippen LogP contribution in [0.25, 0.3) is 0 Å². The van der Waals surface area contributed by atoms with E-state index in [1.165, 1.54) is 54.5 Å². The topological polar surface area (TPSA) is 105 Å². The molecule has 8 nitrogen and oxygen atoms in total. The molecule has 1 aliphatic heterocycles. The number of anilines is 1. The highest BCUT2D eigenvalue weighted by Gasteiger charge is 2.30. The minimum atomic E-state index is -3.90. The van der Waals surface area contributed by atoms with Gasteiger partial charge in [-0.15, -0.1) is 0 Å². The van der Waals surface area contributed by atoms with Crippen LogP contribution in [0.2, 0.25) is 0 Å². The molecule has 0 radical (unpaired) electrons. The molecule has 0 saturated carbocycles. The number of carbonyl (C=O) groups excluding carboxylic acids is 2. The molecule has 2 aromatic rings. The van der Waals surface area contributed by atoms with Crippen molar-refractivity contribution < 1.29 is 27.1 Å². The Bertz CT molecular complexity index is 1070. The van der Waals surface area contributed by atoms with Crippen LogP contribution >= 0.6 is 0 Å². The summed E-state index contributed by atoms with van der Waals surface area (Å²) < 4.78 is 46.1. The van der Waals surface area contributed by atoms with E-state index in [1.54, 1.807) is 6.92 Å². The van der Waals surface area contributed by atoms with Crippen molar-refractivity contribution in [1.82, 2.24) is 9.62 Å². The zero-order chi connectivity index (χ0) is 21.9. The van der Waals surface area contributed by atoms with Crippen LogP contribution in [-0.4, -0.2) is 51.6 Å². The van der Waals surface area contributed by atoms with Crippen molar-refractivity contribution in [2.45, 2.75) is 24.3 Å². The average Bonchev–Trinajstić information content (AvgIpc) is 3.18. The van der Waals surface area contributed by atoms with Crippen molar-refractivity contribution >= 4 is 27.7 Å². The number of benzene rings is 2. The third kappa shape index (κ3) is 4.95. The molecule has 10 heteroatoms. The second-order valence-corrected chi connectivity index (χ2v) is 8.68. The first kappa shape index (κ1) is 21.7. The summed E-state index contributed by atoms with van der Waals surface area (Å²) >= 11 is 0. The van der Waals surface area contributed by atoms with Crippen LogP contribution in [-0.2, 0) is 14.8 Å². The van der Waals surface area contributed by atoms with Crippen LogP contribution < -0.4 is 10.0 Å². The minimum Gasteiger partial charge on any atom is -0.453 e. The van der Waals surface area contributed by atoms with Crippen molar-refractivity contribution in [3.8, 4) is 0 Å². The Morgan fingerprint density at radius 1 is 1.20 bits per heavy atom. The Kier molecular flexibility index (Phi) is 6.37. The molecular formula is C20H22FN3O5S. The predicted molar refractivity (Wildman–Crippen MR) is 108 cm³/mol. The highest BCUT2D eigenvalue weighted by molar-refractivity contribution is 7.89. The number of likely N-dealkylation sites (tertiary alicyclic amines) is 1. The quantitative estimate of drug-likeness (QED) is 0.751. The van der Waals surface area contributed by atoms with Gasteiger partial charge in [-0.25, -0.2) is 22.3 Å². The van der Waals surface area contributed by atoms with Gasteiger partial charge in [0.15, 0.2) is 0 Å². The maximum Gasteiger partial charge on any atom is 0.409 e. The Morgan fingerprint density at radius 2 is 1.97 bits per heavy atom. The van der Waals surface area contributed by atoms with Gasteiger partial charge in [-0.2, -0.15) is 0 Å². The first-order valence-corrected chi connectivity index (χ1v) is 10.7. The first-order chi connectivity index (χ1) is 14.2. The smallest absolute Gasteiger partial charge is 0.409 e. The second kappa shape index (κ2) is 8.80. The summed E-state index contributed by atoms with van der Waals surface area (Å²) in [5, 5.41) is 2.62. The number of hydrogen-bond acceptors (Lipinski definition) is 5. The molecule has 1 saturated heterocycles. The summed E-state index contributed by atoms with van der Waals surface area (Å²) in [6, 6.07) is 9.31. The number of hydrogen-bond donors (Lipinski definition) is 2. The molecule has 0 aliphatic carbocycles. The number of sulfonamides is 1. The van der Waals surface area contributed by atoms with Crippen molar-refractivity contribution in [1.29, 1.82) is 0 Å². The molecule has 1 fully saturated rings. The fourth-order valence-corrected chi connectivity index (χ4v) is 4.48. The lowest BCUT2D eigenvalue weighted by molar-refractivity contribution is 0.102. The fourth-order valence-electron chi connectivity index (χ4n) is 3.17. The second-order valence-electron chi connectivity index (χ2n) is 6.97. The molecule has 160 valence electrons. The van der Waals surface area contributed by atoms with E-state index in [4.69, 9.17) is 0 Å². The van der Waals surface area contributed by atoms with Crippen molar-refractivity contribution in [2.75, 3.05) is 25.5 Å². The number of nitrogens with zero attached hydrogens (tertiary/aromatic N) is 1. The minimum absolute atomic E-state index is 0.0676. The number of carbonyl (C=O) groups is 2. The Balaban J connectivity index is 1.71. The van der Waals surface area contributed by atoms with Crippen molar-refractivity contribution in [3.05, 3.63) is 59.4 Å². The average molecular weight is 435 g/mol. The van der Waals surface area contributed by atoms with E-state index in [-0.39, 0.29) is 22.8 Å². The number of ether oxygens (including phenoxy) is 1. The third-order valence-corrected chi connectivity index (χ3v) is 6.28. The molecule has 1 atom stereocenters. The van der Waals surface area contributed by atoms with Gasteiger partial charge in [0.05, 0.1) is 12.0 Å². The van der Waals surface area contributed by atoms with Gasteiger partial charge in [-0.3, -0.25) is 4.79 Å². The van der Waals surface area contributed by atoms with Crippen LogP contribution in [0, 0.1) is 12.7 Å². The van der Waals surface area contributed by atoms with Crippen molar-refractivity contribution in [3.63, 3.8) is 0 Å². The number of halogens is 1. The lowest BCUT2D eigenvalue weighted by Crippen LogP contribution is -2.38. The number of amides is 2. The highest BCUT2D eigenvalue weighted by atomic mass is 32.2. The van der Waals surface area contributed by atoms with E-state index in [2.05, 4.69) is 14.8 Å². The van der Waals surface area contributed by atoms with Gasteiger partial charge in [0.2, 0.25) is 10.0 Å². The van der Waals surface area contributed by atoms with Gasteiger partial charge in [0, 0.05) is 30.4 Å². The molecular weight excluding hydrogens is 413 g/mol. The van der Waals surface area contributed by atoms with Crippen LogP contribution in [0.5, 0.6) is 0 Å². The SMILES string of the molecule is COC(=O)N1CCC(NS(=O)(=O)c2cccc(C(=O)Nc3ccc(F)c(C)c3)c2)C1. The lowest BCUT2D eigenvalue weighted by atomic mass is 10.2. The van der Waals surface area contributed by atoms with Gasteiger partial charge >= 0.3 is 6.09 Å². The largest absolute Gasteiger partial charge is 0.453 e. The Hall–Kier alpha value is -2.98.